The zero-order chi connectivity index (χ0) is 23.8. The van der Waals surface area contributed by atoms with Gasteiger partial charge in [0.1, 0.15) is 0 Å². The van der Waals surface area contributed by atoms with E-state index in [1.54, 1.807) is 37.7 Å². The van der Waals surface area contributed by atoms with Gasteiger partial charge in [-0.1, -0.05) is 0 Å². The van der Waals surface area contributed by atoms with E-state index in [-0.39, 0.29) is 17.5 Å². The molecule has 2 aromatic heterocycles. The number of pyridine rings is 2. The van der Waals surface area contributed by atoms with E-state index in [4.69, 9.17) is 9.47 Å². The molecule has 0 aliphatic heterocycles. The van der Waals surface area contributed by atoms with Crippen molar-refractivity contribution in [3.8, 4) is 17.1 Å². The molecule has 1 saturated carbocycles. The molecule has 2 heterocycles. The average Bonchev–Trinajstić information content (AvgIpc) is 2.81. The zero-order valence-corrected chi connectivity index (χ0v) is 19.9. The summed E-state index contributed by atoms with van der Waals surface area (Å²) in [6.45, 7) is 6.84. The van der Waals surface area contributed by atoms with Crippen LogP contribution in [0.25, 0.3) is 11.3 Å². The van der Waals surface area contributed by atoms with Crippen LogP contribution in [0.3, 0.4) is 0 Å². The number of amides is 2. The third-order valence-electron chi connectivity index (χ3n) is 5.72. The normalized spacial score (nSPS) is 18.3. The van der Waals surface area contributed by atoms with Gasteiger partial charge >= 0.3 is 6.09 Å². The highest BCUT2D eigenvalue weighted by Crippen LogP contribution is 2.29. The second-order valence-corrected chi connectivity index (χ2v) is 9.56. The van der Waals surface area contributed by atoms with E-state index in [0.717, 1.165) is 31.2 Å². The largest absolute Gasteiger partial charge is 0.481 e. The maximum Gasteiger partial charge on any atom is 0.407 e. The molecule has 0 atom stereocenters. The van der Waals surface area contributed by atoms with Crippen molar-refractivity contribution in [2.45, 2.75) is 52.0 Å². The van der Waals surface area contributed by atoms with Crippen LogP contribution in [0.15, 0.2) is 36.7 Å². The third kappa shape index (κ3) is 7.44. The lowest BCUT2D eigenvalue weighted by molar-refractivity contribution is 0.0915. The number of carbonyl (C=O) groups is 2. The number of hydrogen-bond donors (Lipinski definition) is 2. The molecule has 2 N–H and O–H groups in total. The predicted molar refractivity (Wildman–Crippen MR) is 126 cm³/mol. The molecule has 1 fully saturated rings. The number of rotatable bonds is 7. The van der Waals surface area contributed by atoms with E-state index < -0.39 is 0 Å². The number of nitrogens with zero attached hydrogens (tertiary/aromatic N) is 2. The Bertz CT molecular complexity index is 932. The Balaban J connectivity index is 1.47. The molecule has 0 saturated heterocycles. The van der Waals surface area contributed by atoms with Gasteiger partial charge in [-0.2, -0.15) is 0 Å². The van der Waals surface area contributed by atoms with Crippen LogP contribution in [0.2, 0.25) is 0 Å². The Morgan fingerprint density at radius 3 is 2.42 bits per heavy atom. The van der Waals surface area contributed by atoms with Crippen molar-refractivity contribution < 1.29 is 19.1 Å². The van der Waals surface area contributed by atoms with Crippen molar-refractivity contribution in [1.29, 1.82) is 0 Å². The highest BCUT2D eigenvalue weighted by atomic mass is 16.5. The summed E-state index contributed by atoms with van der Waals surface area (Å²) in [5.74, 6) is 1.15. The van der Waals surface area contributed by atoms with Crippen molar-refractivity contribution in [2.75, 3.05) is 20.3 Å². The van der Waals surface area contributed by atoms with E-state index in [1.807, 2.05) is 26.8 Å². The van der Waals surface area contributed by atoms with Crippen LogP contribution in [0, 0.1) is 11.8 Å². The van der Waals surface area contributed by atoms with Gasteiger partial charge in [-0.25, -0.2) is 9.78 Å². The highest BCUT2D eigenvalue weighted by Gasteiger charge is 2.24. The third-order valence-corrected chi connectivity index (χ3v) is 5.72. The van der Waals surface area contributed by atoms with E-state index in [2.05, 4.69) is 20.6 Å². The van der Waals surface area contributed by atoms with Crippen molar-refractivity contribution in [3.05, 3.63) is 42.2 Å². The minimum absolute atomic E-state index is 0.141. The Morgan fingerprint density at radius 1 is 1.06 bits per heavy atom. The highest BCUT2D eigenvalue weighted by molar-refractivity contribution is 5.99. The molecule has 0 spiro atoms. The van der Waals surface area contributed by atoms with Crippen molar-refractivity contribution in [1.82, 2.24) is 20.6 Å². The summed E-state index contributed by atoms with van der Waals surface area (Å²) < 4.78 is 10.5. The first-order valence-corrected chi connectivity index (χ1v) is 11.4. The quantitative estimate of drug-likeness (QED) is 0.650. The summed E-state index contributed by atoms with van der Waals surface area (Å²) in [6.07, 6.45) is 6.92. The standard InChI is InChI=1S/C25H34N4O4/c1-25(2,3)29-24(31)33-16-18-9-7-17(8-10-18)14-28-23(30)20-6-5-13-26-22(20)19-11-12-21(32-4)27-15-19/h5-6,11-13,15,17-18H,7-10,14,16H2,1-4H3,(H,28,30)(H,29,31). The van der Waals surface area contributed by atoms with Crippen LogP contribution in [-0.2, 0) is 4.74 Å². The number of alkyl carbamates (subject to hydrolysis) is 1. The molecular weight excluding hydrogens is 420 g/mol. The van der Waals surface area contributed by atoms with E-state index in [0.29, 0.717) is 42.1 Å². The van der Waals surface area contributed by atoms with Crippen LogP contribution in [0.5, 0.6) is 5.88 Å². The summed E-state index contributed by atoms with van der Waals surface area (Å²) in [5.41, 5.74) is 1.58. The van der Waals surface area contributed by atoms with Gasteiger partial charge in [-0.15, -0.1) is 0 Å². The first kappa shape index (κ1) is 24.5. The molecule has 33 heavy (non-hydrogen) atoms. The SMILES string of the molecule is COc1ccc(-c2ncccc2C(=O)NCC2CCC(COC(=O)NC(C)(C)C)CC2)cn1. The first-order valence-electron chi connectivity index (χ1n) is 11.4. The summed E-state index contributed by atoms with van der Waals surface area (Å²) in [5, 5.41) is 5.89. The fourth-order valence-electron chi connectivity index (χ4n) is 3.93. The molecule has 0 bridgehead atoms. The van der Waals surface area contributed by atoms with Crippen molar-refractivity contribution in [2.24, 2.45) is 11.8 Å². The lowest BCUT2D eigenvalue weighted by atomic mass is 9.82. The molecular formula is C25H34N4O4. The van der Waals surface area contributed by atoms with Crippen molar-refractivity contribution in [3.63, 3.8) is 0 Å². The Hall–Kier alpha value is -3.16. The topological polar surface area (TPSA) is 102 Å². The fourth-order valence-corrected chi connectivity index (χ4v) is 3.93. The summed E-state index contributed by atoms with van der Waals surface area (Å²) in [4.78, 5) is 33.4. The summed E-state index contributed by atoms with van der Waals surface area (Å²) in [6, 6.07) is 7.13. The Labute approximate surface area is 195 Å². The lowest BCUT2D eigenvalue weighted by Crippen LogP contribution is -2.41. The molecule has 0 radical (unpaired) electrons. The zero-order valence-electron chi connectivity index (χ0n) is 19.9. The number of carbonyl (C=O) groups excluding carboxylic acids is 2. The van der Waals surface area contributed by atoms with E-state index in [9.17, 15) is 9.59 Å². The molecule has 8 nitrogen and oxygen atoms in total. The summed E-state index contributed by atoms with van der Waals surface area (Å²) in [7, 11) is 1.56. The van der Waals surface area contributed by atoms with Crippen LogP contribution in [-0.4, -0.2) is 47.8 Å². The minimum Gasteiger partial charge on any atom is -0.481 e. The van der Waals surface area contributed by atoms with Gasteiger partial charge in [0, 0.05) is 36.1 Å². The molecule has 8 heteroatoms. The number of ether oxygens (including phenoxy) is 2. The number of methoxy groups -OCH3 is 1. The molecule has 0 unspecified atom stereocenters. The van der Waals surface area contributed by atoms with Gasteiger partial charge in [-0.05, 0) is 76.5 Å². The van der Waals surface area contributed by atoms with Gasteiger partial charge < -0.3 is 20.1 Å². The number of aromatic nitrogens is 2. The average molecular weight is 455 g/mol. The Kier molecular flexibility index (Phi) is 8.25. The van der Waals surface area contributed by atoms with Gasteiger partial charge in [0.25, 0.3) is 5.91 Å². The predicted octanol–water partition coefficient (Wildman–Crippen LogP) is 4.21. The number of hydrogen-bond acceptors (Lipinski definition) is 6. The lowest BCUT2D eigenvalue weighted by Gasteiger charge is -2.29. The van der Waals surface area contributed by atoms with E-state index >= 15 is 0 Å². The molecule has 2 aromatic rings. The molecule has 1 aliphatic carbocycles. The molecule has 178 valence electrons. The fraction of sp³-hybridized carbons (Fsp3) is 0.520. The monoisotopic (exact) mass is 454 g/mol. The van der Waals surface area contributed by atoms with Gasteiger partial charge in [0.2, 0.25) is 5.88 Å². The summed E-state index contributed by atoms with van der Waals surface area (Å²) >= 11 is 0. The molecule has 0 aromatic carbocycles. The van der Waals surface area contributed by atoms with E-state index in [1.165, 1.54) is 0 Å². The Morgan fingerprint density at radius 2 is 1.79 bits per heavy atom. The van der Waals surface area contributed by atoms with Gasteiger partial charge in [-0.3, -0.25) is 9.78 Å². The second kappa shape index (κ2) is 11.1. The minimum atomic E-state index is -0.365. The van der Waals surface area contributed by atoms with Crippen LogP contribution < -0.4 is 15.4 Å². The van der Waals surface area contributed by atoms with Gasteiger partial charge in [0.15, 0.2) is 0 Å². The molecule has 2 amide bonds. The molecule has 1 aliphatic rings. The molecule has 3 rings (SSSR count). The van der Waals surface area contributed by atoms with Crippen LogP contribution in [0.1, 0.15) is 56.8 Å². The van der Waals surface area contributed by atoms with Crippen molar-refractivity contribution >= 4 is 12.0 Å². The maximum atomic E-state index is 12.9. The maximum absolute atomic E-state index is 12.9. The van der Waals surface area contributed by atoms with Crippen LogP contribution >= 0.6 is 0 Å². The second-order valence-electron chi connectivity index (χ2n) is 9.56. The number of nitrogens with one attached hydrogen (secondary N) is 2. The van der Waals surface area contributed by atoms with Crippen LogP contribution in [0.4, 0.5) is 4.79 Å². The smallest absolute Gasteiger partial charge is 0.407 e. The van der Waals surface area contributed by atoms with Gasteiger partial charge in [0.05, 0.1) is 25.0 Å². The first-order chi connectivity index (χ1) is 15.7.